The minimum Gasteiger partial charge on any atom is -0.466 e. The van der Waals surface area contributed by atoms with Gasteiger partial charge in [-0.15, -0.1) is 0 Å². The van der Waals surface area contributed by atoms with Crippen molar-refractivity contribution in [3.8, 4) is 0 Å². The summed E-state index contributed by atoms with van der Waals surface area (Å²) in [6.45, 7) is 6.13. The molecule has 0 saturated heterocycles. The lowest BCUT2D eigenvalue weighted by Gasteiger charge is -2.04. The normalized spacial score (nSPS) is 9.00. The molecule has 5 heteroatoms. The molecule has 0 atom stereocenters. The predicted octanol–water partition coefficient (Wildman–Crippen LogP) is 2.56. The molecule has 0 aromatic carbocycles. The summed E-state index contributed by atoms with van der Waals surface area (Å²) in [5.74, 6) is -0.311. The van der Waals surface area contributed by atoms with E-state index in [9.17, 15) is 4.79 Å². The quantitative estimate of drug-likeness (QED) is 0.868. The van der Waals surface area contributed by atoms with Crippen LogP contribution in [-0.2, 0) is 16.0 Å². The van der Waals surface area contributed by atoms with E-state index in [1.807, 2.05) is 13.8 Å². The summed E-state index contributed by atoms with van der Waals surface area (Å²) >= 11 is 3.23. The van der Waals surface area contributed by atoms with Crippen molar-refractivity contribution in [3.63, 3.8) is 0 Å². The van der Waals surface area contributed by atoms with Crippen LogP contribution in [0.5, 0.6) is 0 Å². The number of carbonyl (C=O) groups is 1. The summed E-state index contributed by atoms with van der Waals surface area (Å²) in [7, 11) is 0. The third kappa shape index (κ3) is 5.11. The third-order valence-electron chi connectivity index (χ3n) is 1.59. The number of nitrogen functional groups attached to an aromatic ring is 1. The lowest BCUT2D eigenvalue weighted by molar-refractivity contribution is -0.142. The Hall–Kier alpha value is -1.10. The van der Waals surface area contributed by atoms with Crippen LogP contribution < -0.4 is 5.73 Å². The van der Waals surface area contributed by atoms with Crippen molar-refractivity contribution in [1.29, 1.82) is 0 Å². The zero-order valence-corrected chi connectivity index (χ0v) is 11.4. The summed E-state index contributed by atoms with van der Waals surface area (Å²) in [5, 5.41) is 0. The Bertz CT molecular complexity index is 343. The van der Waals surface area contributed by atoms with Gasteiger partial charge in [-0.05, 0) is 28.9 Å². The number of aromatic nitrogens is 1. The molecule has 0 aliphatic carbocycles. The number of nitrogens with zero attached hydrogens (tertiary/aromatic N) is 1. The second-order valence-electron chi connectivity index (χ2n) is 2.67. The first-order valence-electron chi connectivity index (χ1n) is 5.19. The number of hydrogen-bond donors (Lipinski definition) is 1. The molecule has 0 radical (unpaired) electrons. The van der Waals surface area contributed by atoms with Crippen LogP contribution in [0.3, 0.4) is 0 Å². The van der Waals surface area contributed by atoms with Crippen molar-refractivity contribution >= 4 is 27.6 Å². The van der Waals surface area contributed by atoms with Crippen molar-refractivity contribution in [1.82, 2.24) is 4.98 Å². The highest BCUT2D eigenvalue weighted by Crippen LogP contribution is 2.16. The van der Waals surface area contributed by atoms with E-state index < -0.39 is 0 Å². The number of hydrogen-bond acceptors (Lipinski definition) is 4. The smallest absolute Gasteiger partial charge is 0.311 e. The number of pyridine rings is 1. The van der Waals surface area contributed by atoms with Crippen molar-refractivity contribution < 1.29 is 9.53 Å². The first-order valence-corrected chi connectivity index (χ1v) is 5.98. The zero-order chi connectivity index (χ0) is 12.6. The molecular formula is C11H17BrN2O2. The van der Waals surface area contributed by atoms with E-state index in [-0.39, 0.29) is 12.4 Å². The van der Waals surface area contributed by atoms with Crippen LogP contribution in [0, 0.1) is 0 Å². The molecule has 0 unspecified atom stereocenters. The van der Waals surface area contributed by atoms with E-state index in [2.05, 4.69) is 20.9 Å². The standard InChI is InChI=1S/C9H11BrN2O2.C2H6/c1-2-14-9(13)4-8-7(11)3-6(10)5-12-8;1-2/h3,5H,2,4,11H2,1H3;1-2H3. The predicted molar refractivity (Wildman–Crippen MR) is 68.0 cm³/mol. The fraction of sp³-hybridized carbons (Fsp3) is 0.455. The van der Waals surface area contributed by atoms with Gasteiger partial charge >= 0.3 is 5.97 Å². The van der Waals surface area contributed by atoms with Crippen molar-refractivity contribution in [2.75, 3.05) is 12.3 Å². The second-order valence-corrected chi connectivity index (χ2v) is 3.59. The Morgan fingerprint density at radius 3 is 2.69 bits per heavy atom. The van der Waals surface area contributed by atoms with Gasteiger partial charge in [-0.25, -0.2) is 0 Å². The van der Waals surface area contributed by atoms with Crippen molar-refractivity contribution in [2.24, 2.45) is 0 Å². The van der Waals surface area contributed by atoms with Crippen LogP contribution in [0.2, 0.25) is 0 Å². The fourth-order valence-corrected chi connectivity index (χ4v) is 1.33. The Morgan fingerprint density at radius 1 is 1.56 bits per heavy atom. The lowest BCUT2D eigenvalue weighted by Crippen LogP contribution is -2.10. The monoisotopic (exact) mass is 288 g/mol. The third-order valence-corrected chi connectivity index (χ3v) is 2.02. The summed E-state index contributed by atoms with van der Waals surface area (Å²) in [6.07, 6.45) is 1.72. The fourth-order valence-electron chi connectivity index (χ4n) is 0.980. The average Bonchev–Trinajstić information content (AvgIpc) is 2.26. The van der Waals surface area contributed by atoms with Gasteiger partial charge in [-0.1, -0.05) is 13.8 Å². The van der Waals surface area contributed by atoms with Crippen LogP contribution in [0.25, 0.3) is 0 Å². The summed E-state index contributed by atoms with van der Waals surface area (Å²) in [5.41, 5.74) is 6.71. The van der Waals surface area contributed by atoms with Crippen molar-refractivity contribution in [2.45, 2.75) is 27.2 Å². The zero-order valence-electron chi connectivity index (χ0n) is 9.79. The molecule has 16 heavy (non-hydrogen) atoms. The number of carbonyl (C=O) groups excluding carboxylic acids is 1. The topological polar surface area (TPSA) is 65.2 Å². The highest BCUT2D eigenvalue weighted by molar-refractivity contribution is 9.10. The molecule has 0 aliphatic rings. The molecule has 90 valence electrons. The van der Waals surface area contributed by atoms with Gasteiger partial charge in [0.05, 0.1) is 24.4 Å². The van der Waals surface area contributed by atoms with Gasteiger partial charge in [0.25, 0.3) is 0 Å². The number of nitrogens with two attached hydrogens (primary N) is 1. The van der Waals surface area contributed by atoms with Crippen molar-refractivity contribution in [3.05, 3.63) is 22.4 Å². The first-order chi connectivity index (χ1) is 7.63. The van der Waals surface area contributed by atoms with Crippen LogP contribution in [0.15, 0.2) is 16.7 Å². The van der Waals surface area contributed by atoms with Crippen LogP contribution in [-0.4, -0.2) is 17.6 Å². The van der Waals surface area contributed by atoms with E-state index in [1.54, 1.807) is 19.2 Å². The minimum absolute atomic E-state index is 0.118. The van der Waals surface area contributed by atoms with Crippen LogP contribution in [0.1, 0.15) is 26.5 Å². The Kier molecular flexibility index (Phi) is 7.54. The first kappa shape index (κ1) is 14.9. The van der Waals surface area contributed by atoms with Gasteiger partial charge in [0.15, 0.2) is 0 Å². The molecule has 0 fully saturated rings. The largest absolute Gasteiger partial charge is 0.466 e. The van der Waals surface area contributed by atoms with Gasteiger partial charge in [0.1, 0.15) is 0 Å². The van der Waals surface area contributed by atoms with Crippen LogP contribution in [0.4, 0.5) is 5.69 Å². The van der Waals surface area contributed by atoms with Gasteiger partial charge in [0, 0.05) is 10.7 Å². The Labute approximate surface area is 104 Å². The van der Waals surface area contributed by atoms with Gasteiger partial charge < -0.3 is 10.5 Å². The second kappa shape index (κ2) is 8.10. The number of ether oxygens (including phenoxy) is 1. The van der Waals surface area contributed by atoms with Crippen LogP contribution >= 0.6 is 15.9 Å². The molecule has 1 aromatic rings. The molecule has 4 nitrogen and oxygen atoms in total. The minimum atomic E-state index is -0.311. The average molecular weight is 289 g/mol. The summed E-state index contributed by atoms with van der Waals surface area (Å²) in [6, 6.07) is 1.71. The molecular weight excluding hydrogens is 272 g/mol. The van der Waals surface area contributed by atoms with E-state index in [4.69, 9.17) is 10.5 Å². The molecule has 1 heterocycles. The number of halogens is 1. The molecule has 0 aliphatic heterocycles. The maximum atomic E-state index is 11.1. The van der Waals surface area contributed by atoms with E-state index in [1.165, 1.54) is 0 Å². The number of rotatable bonds is 3. The van der Waals surface area contributed by atoms with E-state index >= 15 is 0 Å². The summed E-state index contributed by atoms with van der Waals surface area (Å²) in [4.78, 5) is 15.1. The lowest BCUT2D eigenvalue weighted by atomic mass is 10.2. The van der Waals surface area contributed by atoms with E-state index in [0.717, 1.165) is 4.47 Å². The molecule has 0 spiro atoms. The highest BCUT2D eigenvalue weighted by Gasteiger charge is 2.08. The highest BCUT2D eigenvalue weighted by atomic mass is 79.9. The van der Waals surface area contributed by atoms with Gasteiger partial charge in [-0.3, -0.25) is 9.78 Å². The number of anilines is 1. The maximum Gasteiger partial charge on any atom is 0.311 e. The molecule has 0 saturated carbocycles. The van der Waals surface area contributed by atoms with E-state index in [0.29, 0.717) is 18.0 Å². The number of esters is 1. The molecule has 1 aromatic heterocycles. The van der Waals surface area contributed by atoms with Gasteiger partial charge in [-0.2, -0.15) is 0 Å². The SMILES string of the molecule is CC.CCOC(=O)Cc1ncc(Br)cc1N. The Balaban J connectivity index is 0.00000106. The molecule has 0 bridgehead atoms. The molecule has 1 rings (SSSR count). The molecule has 0 amide bonds. The maximum absolute atomic E-state index is 11.1. The Morgan fingerprint density at radius 2 is 2.19 bits per heavy atom. The van der Waals surface area contributed by atoms with Gasteiger partial charge in [0.2, 0.25) is 0 Å². The molecule has 2 N–H and O–H groups in total. The summed E-state index contributed by atoms with van der Waals surface area (Å²) < 4.78 is 5.58.